The van der Waals surface area contributed by atoms with Crippen molar-refractivity contribution in [2.45, 2.75) is 26.2 Å². The molecule has 1 aliphatic heterocycles. The van der Waals surface area contributed by atoms with Crippen molar-refractivity contribution in [1.29, 1.82) is 0 Å². The average molecular weight is 351 g/mol. The van der Waals surface area contributed by atoms with E-state index in [4.69, 9.17) is 4.52 Å². The number of carbonyl (C=O) groups is 1. The van der Waals surface area contributed by atoms with Crippen LogP contribution >= 0.6 is 0 Å². The molecule has 1 fully saturated rings. The number of aromatic nitrogens is 2. The minimum Gasteiger partial charge on any atom is -0.339 e. The molecule has 0 unspecified atom stereocenters. The molecule has 0 bridgehead atoms. The van der Waals surface area contributed by atoms with Gasteiger partial charge >= 0.3 is 0 Å². The highest BCUT2D eigenvalue weighted by Gasteiger charge is 2.35. The van der Waals surface area contributed by atoms with Gasteiger partial charge in [-0.2, -0.15) is 4.98 Å². The van der Waals surface area contributed by atoms with Gasteiger partial charge in [0.25, 0.3) is 0 Å². The number of anilines is 1. The first kappa shape index (κ1) is 16.4. The van der Waals surface area contributed by atoms with E-state index in [1.165, 1.54) is 6.07 Å². The number of rotatable bonds is 3. The van der Waals surface area contributed by atoms with Crippen molar-refractivity contribution in [3.05, 3.63) is 65.3 Å². The number of carbonyl (C=O) groups excluding carboxylic acids is 1. The number of benzene rings is 2. The van der Waals surface area contributed by atoms with Gasteiger partial charge in [-0.1, -0.05) is 41.1 Å². The number of hydrogen-bond donors (Lipinski definition) is 0. The molecular weight excluding hydrogens is 333 g/mol. The number of nitrogens with zero attached hydrogens (tertiary/aromatic N) is 3. The van der Waals surface area contributed by atoms with Gasteiger partial charge in [0, 0.05) is 24.2 Å². The lowest BCUT2D eigenvalue weighted by molar-refractivity contribution is -0.117. The van der Waals surface area contributed by atoms with Crippen LogP contribution in [0.2, 0.25) is 0 Å². The van der Waals surface area contributed by atoms with Crippen LogP contribution in [0.4, 0.5) is 10.1 Å². The van der Waals surface area contributed by atoms with Crippen LogP contribution in [0.3, 0.4) is 0 Å². The Bertz CT molecular complexity index is 965. The van der Waals surface area contributed by atoms with Crippen LogP contribution in [0.1, 0.15) is 29.4 Å². The molecule has 0 spiro atoms. The Labute approximate surface area is 150 Å². The molecule has 6 heteroatoms. The summed E-state index contributed by atoms with van der Waals surface area (Å²) in [7, 11) is 0. The Morgan fingerprint density at radius 3 is 2.65 bits per heavy atom. The van der Waals surface area contributed by atoms with Gasteiger partial charge in [-0.05, 0) is 31.5 Å². The largest absolute Gasteiger partial charge is 0.339 e. The van der Waals surface area contributed by atoms with Crippen LogP contribution in [0.15, 0.2) is 47.0 Å². The molecule has 2 aromatic carbocycles. The highest BCUT2D eigenvalue weighted by Crippen LogP contribution is 2.32. The SMILES string of the molecule is Cc1ccc(-c2noc([C@@H]3CC(=O)N(c4ccc(C)c(F)c4)C3)n2)cc1. The van der Waals surface area contributed by atoms with Gasteiger partial charge in [-0.25, -0.2) is 4.39 Å². The first-order valence-corrected chi connectivity index (χ1v) is 8.48. The van der Waals surface area contributed by atoms with Gasteiger partial charge in [0.1, 0.15) is 5.82 Å². The van der Waals surface area contributed by atoms with Gasteiger partial charge in [0.2, 0.25) is 17.6 Å². The quantitative estimate of drug-likeness (QED) is 0.715. The van der Waals surface area contributed by atoms with Crippen LogP contribution in [-0.4, -0.2) is 22.6 Å². The van der Waals surface area contributed by atoms with E-state index in [0.29, 0.717) is 29.5 Å². The Kier molecular flexibility index (Phi) is 4.03. The van der Waals surface area contributed by atoms with Crippen LogP contribution in [0, 0.1) is 19.7 Å². The fraction of sp³-hybridized carbons (Fsp3) is 0.250. The molecule has 3 aromatic rings. The minimum atomic E-state index is -0.321. The van der Waals surface area contributed by atoms with E-state index in [0.717, 1.165) is 11.1 Å². The molecule has 0 aliphatic carbocycles. The highest BCUT2D eigenvalue weighted by molar-refractivity contribution is 5.96. The van der Waals surface area contributed by atoms with E-state index in [2.05, 4.69) is 10.1 Å². The molecule has 5 nitrogen and oxygen atoms in total. The smallest absolute Gasteiger partial charge is 0.232 e. The van der Waals surface area contributed by atoms with Crippen LogP contribution in [0.5, 0.6) is 0 Å². The monoisotopic (exact) mass is 351 g/mol. The van der Waals surface area contributed by atoms with Gasteiger partial charge in [-0.15, -0.1) is 0 Å². The Morgan fingerprint density at radius 2 is 1.92 bits per heavy atom. The maximum absolute atomic E-state index is 13.8. The van der Waals surface area contributed by atoms with Crippen molar-refractivity contribution in [2.75, 3.05) is 11.4 Å². The van der Waals surface area contributed by atoms with Gasteiger partial charge in [-0.3, -0.25) is 4.79 Å². The highest BCUT2D eigenvalue weighted by atomic mass is 19.1. The van der Waals surface area contributed by atoms with Crippen molar-refractivity contribution in [3.8, 4) is 11.4 Å². The first-order valence-electron chi connectivity index (χ1n) is 8.48. The predicted octanol–water partition coefficient (Wildman–Crippen LogP) is 4.01. The summed E-state index contributed by atoms with van der Waals surface area (Å²) in [5, 5.41) is 4.03. The molecule has 1 atom stereocenters. The molecule has 1 aliphatic rings. The number of aryl methyl sites for hydroxylation is 2. The van der Waals surface area contributed by atoms with Crippen LogP contribution < -0.4 is 4.90 Å². The molecule has 132 valence electrons. The molecular formula is C20H18FN3O2. The van der Waals surface area contributed by atoms with Crippen molar-refractivity contribution in [2.24, 2.45) is 0 Å². The summed E-state index contributed by atoms with van der Waals surface area (Å²) in [4.78, 5) is 18.4. The van der Waals surface area contributed by atoms with E-state index >= 15 is 0 Å². The standard InChI is InChI=1S/C20H18FN3O2/c1-12-3-6-14(7-4-12)19-22-20(26-23-19)15-9-18(25)24(11-15)16-8-5-13(2)17(21)10-16/h3-8,10,15H,9,11H2,1-2H3/t15-/m1/s1. The summed E-state index contributed by atoms with van der Waals surface area (Å²) in [5.41, 5.74) is 3.13. The van der Waals surface area contributed by atoms with Gasteiger partial charge in [0.05, 0.1) is 5.92 Å². The summed E-state index contributed by atoms with van der Waals surface area (Å²) in [5.74, 6) is 0.349. The predicted molar refractivity (Wildman–Crippen MR) is 95.3 cm³/mol. The minimum absolute atomic E-state index is 0.0756. The molecule has 4 rings (SSSR count). The third-order valence-electron chi connectivity index (χ3n) is 4.69. The molecule has 0 saturated carbocycles. The lowest BCUT2D eigenvalue weighted by Gasteiger charge is -2.16. The van der Waals surface area contributed by atoms with E-state index < -0.39 is 0 Å². The first-order chi connectivity index (χ1) is 12.5. The zero-order valence-corrected chi connectivity index (χ0v) is 14.6. The zero-order valence-electron chi connectivity index (χ0n) is 14.6. The Morgan fingerprint density at radius 1 is 1.15 bits per heavy atom. The van der Waals surface area contributed by atoms with Gasteiger partial charge < -0.3 is 9.42 Å². The number of hydrogen-bond acceptors (Lipinski definition) is 4. The Balaban J connectivity index is 1.55. The summed E-state index contributed by atoms with van der Waals surface area (Å²) >= 11 is 0. The Hall–Kier alpha value is -3.02. The van der Waals surface area contributed by atoms with Crippen molar-refractivity contribution >= 4 is 11.6 Å². The van der Waals surface area contributed by atoms with Gasteiger partial charge in [0.15, 0.2) is 0 Å². The lowest BCUT2D eigenvalue weighted by Crippen LogP contribution is -2.24. The topological polar surface area (TPSA) is 59.2 Å². The second-order valence-corrected chi connectivity index (χ2v) is 6.66. The molecule has 0 N–H and O–H groups in total. The maximum atomic E-state index is 13.8. The molecule has 0 radical (unpaired) electrons. The lowest BCUT2D eigenvalue weighted by atomic mass is 10.1. The second-order valence-electron chi connectivity index (χ2n) is 6.66. The van der Waals surface area contributed by atoms with Crippen molar-refractivity contribution in [1.82, 2.24) is 10.1 Å². The zero-order chi connectivity index (χ0) is 18.3. The number of halogens is 1. The number of amides is 1. The molecule has 1 aromatic heterocycles. The normalized spacial score (nSPS) is 17.1. The average Bonchev–Trinajstić information content (AvgIpc) is 3.25. The molecule has 1 saturated heterocycles. The molecule has 1 amide bonds. The molecule has 26 heavy (non-hydrogen) atoms. The van der Waals surface area contributed by atoms with E-state index in [-0.39, 0.29) is 24.1 Å². The van der Waals surface area contributed by atoms with Crippen LogP contribution in [-0.2, 0) is 4.79 Å². The third-order valence-corrected chi connectivity index (χ3v) is 4.69. The van der Waals surface area contributed by atoms with E-state index in [9.17, 15) is 9.18 Å². The van der Waals surface area contributed by atoms with E-state index in [1.54, 1.807) is 24.0 Å². The van der Waals surface area contributed by atoms with Crippen molar-refractivity contribution in [3.63, 3.8) is 0 Å². The van der Waals surface area contributed by atoms with E-state index in [1.807, 2.05) is 31.2 Å². The molecule has 2 heterocycles. The second kappa shape index (κ2) is 6.37. The summed E-state index contributed by atoms with van der Waals surface area (Å²) in [6, 6.07) is 12.7. The summed E-state index contributed by atoms with van der Waals surface area (Å²) in [6.45, 7) is 4.10. The van der Waals surface area contributed by atoms with Crippen LogP contribution in [0.25, 0.3) is 11.4 Å². The summed E-state index contributed by atoms with van der Waals surface area (Å²) < 4.78 is 19.2. The fourth-order valence-electron chi connectivity index (χ4n) is 3.09. The third kappa shape index (κ3) is 2.98. The van der Waals surface area contributed by atoms with Crippen molar-refractivity contribution < 1.29 is 13.7 Å². The fourth-order valence-corrected chi connectivity index (χ4v) is 3.09. The maximum Gasteiger partial charge on any atom is 0.232 e. The summed E-state index contributed by atoms with van der Waals surface area (Å²) in [6.07, 6.45) is 0.269.